The molecular formula is C20H32N4O. The van der Waals surface area contributed by atoms with Crippen molar-refractivity contribution in [3.63, 3.8) is 0 Å². The third-order valence-corrected chi connectivity index (χ3v) is 5.36. The minimum atomic E-state index is 0.131. The molecule has 5 nitrogen and oxygen atoms in total. The third kappa shape index (κ3) is 5.44. The molecule has 0 aliphatic carbocycles. The molecule has 0 unspecified atom stereocenters. The Bertz CT molecular complexity index is 528. The van der Waals surface area contributed by atoms with Gasteiger partial charge in [0.2, 0.25) is 0 Å². The van der Waals surface area contributed by atoms with Crippen LogP contribution in [-0.4, -0.2) is 79.1 Å². The standard InChI is InChI=1S/C20H32N4O/c1-2-10-23-12-9-19(17-23)21-20(25)24-15-13-22(14-16-24)11-8-18-6-4-3-5-7-18/h3-7,19H,2,8-17H2,1H3,(H,21,25)/t19-/m1/s1. The largest absolute Gasteiger partial charge is 0.334 e. The second-order valence-corrected chi connectivity index (χ2v) is 7.30. The number of rotatable bonds is 6. The Morgan fingerprint density at radius 3 is 2.52 bits per heavy atom. The van der Waals surface area contributed by atoms with Gasteiger partial charge in [0.15, 0.2) is 0 Å². The number of hydrogen-bond acceptors (Lipinski definition) is 3. The minimum absolute atomic E-state index is 0.131. The maximum atomic E-state index is 12.5. The normalized spacial score (nSPS) is 22.3. The summed E-state index contributed by atoms with van der Waals surface area (Å²) in [5.41, 5.74) is 1.39. The Morgan fingerprint density at radius 1 is 1.04 bits per heavy atom. The quantitative estimate of drug-likeness (QED) is 0.858. The molecule has 5 heteroatoms. The summed E-state index contributed by atoms with van der Waals surface area (Å²) in [6.07, 6.45) is 3.36. The molecule has 0 spiro atoms. The lowest BCUT2D eigenvalue weighted by Gasteiger charge is -2.35. The number of piperazine rings is 1. The molecule has 1 N–H and O–H groups in total. The van der Waals surface area contributed by atoms with E-state index in [1.54, 1.807) is 0 Å². The third-order valence-electron chi connectivity index (χ3n) is 5.36. The average Bonchev–Trinajstić information content (AvgIpc) is 3.08. The molecule has 3 rings (SSSR count). The molecule has 0 radical (unpaired) electrons. The smallest absolute Gasteiger partial charge is 0.317 e. The van der Waals surface area contributed by atoms with E-state index < -0.39 is 0 Å². The van der Waals surface area contributed by atoms with E-state index in [1.165, 1.54) is 12.0 Å². The van der Waals surface area contributed by atoms with E-state index in [1.807, 2.05) is 4.90 Å². The van der Waals surface area contributed by atoms with E-state index in [-0.39, 0.29) is 6.03 Å². The van der Waals surface area contributed by atoms with Crippen molar-refractivity contribution < 1.29 is 4.79 Å². The summed E-state index contributed by atoms with van der Waals surface area (Å²) < 4.78 is 0. The Hall–Kier alpha value is -1.59. The van der Waals surface area contributed by atoms with Gasteiger partial charge < -0.3 is 15.1 Å². The first-order valence-corrected chi connectivity index (χ1v) is 9.78. The van der Waals surface area contributed by atoms with Gasteiger partial charge in [-0.15, -0.1) is 0 Å². The van der Waals surface area contributed by atoms with Gasteiger partial charge in [0.05, 0.1) is 0 Å². The molecule has 0 saturated carbocycles. The lowest BCUT2D eigenvalue weighted by molar-refractivity contribution is 0.138. The van der Waals surface area contributed by atoms with Crippen molar-refractivity contribution in [2.24, 2.45) is 0 Å². The van der Waals surface area contributed by atoms with Gasteiger partial charge in [-0.05, 0) is 31.4 Å². The number of nitrogens with zero attached hydrogens (tertiary/aromatic N) is 3. The van der Waals surface area contributed by atoms with E-state index >= 15 is 0 Å². The zero-order valence-electron chi connectivity index (χ0n) is 15.5. The first kappa shape index (κ1) is 18.2. The number of urea groups is 1. The molecule has 138 valence electrons. The summed E-state index contributed by atoms with van der Waals surface area (Å²) in [7, 11) is 0. The van der Waals surface area contributed by atoms with E-state index in [2.05, 4.69) is 52.4 Å². The molecule has 0 aromatic heterocycles. The highest BCUT2D eigenvalue weighted by molar-refractivity contribution is 5.74. The number of amides is 2. The summed E-state index contributed by atoms with van der Waals surface area (Å²) in [4.78, 5) is 19.4. The van der Waals surface area contributed by atoms with E-state index in [0.29, 0.717) is 6.04 Å². The van der Waals surface area contributed by atoms with Crippen LogP contribution in [0.4, 0.5) is 4.79 Å². The highest BCUT2D eigenvalue weighted by Crippen LogP contribution is 2.11. The molecule has 2 aliphatic rings. The molecule has 25 heavy (non-hydrogen) atoms. The molecule has 2 aliphatic heterocycles. The van der Waals surface area contributed by atoms with E-state index in [0.717, 1.165) is 65.2 Å². The van der Waals surface area contributed by atoms with Gasteiger partial charge in [-0.3, -0.25) is 4.90 Å². The van der Waals surface area contributed by atoms with Crippen molar-refractivity contribution >= 4 is 6.03 Å². The van der Waals surface area contributed by atoms with Crippen LogP contribution >= 0.6 is 0 Å². The number of carbonyl (C=O) groups excluding carboxylic acids is 1. The zero-order valence-corrected chi connectivity index (χ0v) is 15.5. The molecular weight excluding hydrogens is 312 g/mol. The number of benzene rings is 1. The molecule has 2 fully saturated rings. The number of carbonyl (C=O) groups is 1. The van der Waals surface area contributed by atoms with Crippen molar-refractivity contribution in [2.45, 2.75) is 32.2 Å². The SMILES string of the molecule is CCCN1CC[C@@H](NC(=O)N2CCN(CCc3ccccc3)CC2)C1. The summed E-state index contributed by atoms with van der Waals surface area (Å²) >= 11 is 0. The maximum absolute atomic E-state index is 12.5. The number of nitrogens with one attached hydrogen (secondary N) is 1. The Morgan fingerprint density at radius 2 is 1.80 bits per heavy atom. The van der Waals surface area contributed by atoms with Gasteiger partial charge in [-0.2, -0.15) is 0 Å². The Labute approximate surface area is 152 Å². The summed E-state index contributed by atoms with van der Waals surface area (Å²) in [6, 6.07) is 11.1. The van der Waals surface area contributed by atoms with Crippen LogP contribution in [0.2, 0.25) is 0 Å². The highest BCUT2D eigenvalue weighted by Gasteiger charge is 2.26. The van der Waals surface area contributed by atoms with Gasteiger partial charge in [-0.25, -0.2) is 4.79 Å². The summed E-state index contributed by atoms with van der Waals surface area (Å²) in [6.45, 7) is 10.2. The van der Waals surface area contributed by atoms with Crippen LogP contribution in [-0.2, 0) is 6.42 Å². The van der Waals surface area contributed by atoms with Crippen LogP contribution in [0.5, 0.6) is 0 Å². The average molecular weight is 345 g/mol. The second-order valence-electron chi connectivity index (χ2n) is 7.30. The molecule has 1 aromatic carbocycles. The van der Waals surface area contributed by atoms with Gasteiger partial charge in [0.25, 0.3) is 0 Å². The molecule has 0 bridgehead atoms. The zero-order chi connectivity index (χ0) is 17.5. The maximum Gasteiger partial charge on any atom is 0.317 e. The molecule has 1 aromatic rings. The van der Waals surface area contributed by atoms with Crippen LogP contribution in [0.1, 0.15) is 25.3 Å². The van der Waals surface area contributed by atoms with Crippen molar-refractivity contribution in [1.82, 2.24) is 20.0 Å². The van der Waals surface area contributed by atoms with E-state index in [9.17, 15) is 4.79 Å². The van der Waals surface area contributed by atoms with Gasteiger partial charge in [-0.1, -0.05) is 37.3 Å². The fraction of sp³-hybridized carbons (Fsp3) is 0.650. The van der Waals surface area contributed by atoms with Crippen molar-refractivity contribution in [3.05, 3.63) is 35.9 Å². The van der Waals surface area contributed by atoms with Crippen LogP contribution in [0, 0.1) is 0 Å². The summed E-state index contributed by atoms with van der Waals surface area (Å²) in [5.74, 6) is 0. The van der Waals surface area contributed by atoms with Gasteiger partial charge >= 0.3 is 6.03 Å². The number of likely N-dealkylation sites (tertiary alicyclic amines) is 1. The van der Waals surface area contributed by atoms with Crippen molar-refractivity contribution in [1.29, 1.82) is 0 Å². The van der Waals surface area contributed by atoms with Gasteiger partial charge in [0, 0.05) is 51.9 Å². The van der Waals surface area contributed by atoms with Crippen LogP contribution in [0.3, 0.4) is 0 Å². The minimum Gasteiger partial charge on any atom is -0.334 e. The van der Waals surface area contributed by atoms with Crippen molar-refractivity contribution in [3.8, 4) is 0 Å². The first-order chi connectivity index (χ1) is 12.2. The molecule has 2 amide bonds. The Balaban J connectivity index is 1.35. The van der Waals surface area contributed by atoms with E-state index in [4.69, 9.17) is 0 Å². The van der Waals surface area contributed by atoms with Crippen LogP contribution in [0.25, 0.3) is 0 Å². The van der Waals surface area contributed by atoms with Crippen molar-refractivity contribution in [2.75, 3.05) is 52.4 Å². The Kier molecular flexibility index (Phi) is 6.70. The fourth-order valence-corrected chi connectivity index (χ4v) is 3.84. The number of hydrogen-bond donors (Lipinski definition) is 1. The second kappa shape index (κ2) is 9.20. The molecule has 2 heterocycles. The lowest BCUT2D eigenvalue weighted by Crippen LogP contribution is -2.54. The lowest BCUT2D eigenvalue weighted by atomic mass is 10.1. The monoisotopic (exact) mass is 344 g/mol. The molecule has 1 atom stereocenters. The first-order valence-electron chi connectivity index (χ1n) is 9.78. The topological polar surface area (TPSA) is 38.8 Å². The van der Waals surface area contributed by atoms with Crippen LogP contribution in [0.15, 0.2) is 30.3 Å². The fourth-order valence-electron chi connectivity index (χ4n) is 3.84. The highest BCUT2D eigenvalue weighted by atomic mass is 16.2. The van der Waals surface area contributed by atoms with Crippen LogP contribution < -0.4 is 5.32 Å². The van der Waals surface area contributed by atoms with Gasteiger partial charge in [0.1, 0.15) is 0 Å². The summed E-state index contributed by atoms with van der Waals surface area (Å²) in [5, 5.41) is 3.24. The molecule has 2 saturated heterocycles. The predicted octanol–water partition coefficient (Wildman–Crippen LogP) is 2.04. The predicted molar refractivity (Wildman–Crippen MR) is 102 cm³/mol.